The molecule has 148 valence electrons. The number of hydrogen-bond donors (Lipinski definition) is 1. The summed E-state index contributed by atoms with van der Waals surface area (Å²) in [5.41, 5.74) is 1.38. The molecule has 0 unspecified atom stereocenters. The third-order valence-electron chi connectivity index (χ3n) is 4.03. The van der Waals surface area contributed by atoms with Crippen LogP contribution in [0.25, 0.3) is 11.3 Å². The van der Waals surface area contributed by atoms with Crippen molar-refractivity contribution in [1.29, 1.82) is 5.26 Å². The molecule has 0 aliphatic heterocycles. The molecule has 0 aliphatic rings. The minimum Gasteiger partial charge on any atom is -0.490 e. The Morgan fingerprint density at radius 2 is 1.93 bits per heavy atom. The quantitative estimate of drug-likeness (QED) is 0.394. The number of aromatic amines is 1. The van der Waals surface area contributed by atoms with Crippen molar-refractivity contribution in [2.45, 2.75) is 18.7 Å². The molecule has 0 bridgehead atoms. The third-order valence-corrected chi connectivity index (χ3v) is 5.26. The number of aromatic nitrogens is 2. The summed E-state index contributed by atoms with van der Waals surface area (Å²) in [5, 5.41) is 9.89. The van der Waals surface area contributed by atoms with Crippen molar-refractivity contribution in [1.82, 2.24) is 9.97 Å². The second kappa shape index (κ2) is 9.63. The lowest BCUT2D eigenvalue weighted by atomic mass is 10.1. The van der Waals surface area contributed by atoms with Crippen LogP contribution < -0.4 is 15.0 Å². The van der Waals surface area contributed by atoms with Gasteiger partial charge in [-0.25, -0.2) is 4.98 Å². The van der Waals surface area contributed by atoms with E-state index in [4.69, 9.17) is 9.47 Å². The van der Waals surface area contributed by atoms with Gasteiger partial charge in [-0.15, -0.1) is 0 Å². The highest BCUT2D eigenvalue weighted by Gasteiger charge is 2.19. The van der Waals surface area contributed by atoms with Crippen LogP contribution in [0.4, 0.5) is 0 Å². The van der Waals surface area contributed by atoms with Crippen LogP contribution in [0, 0.1) is 11.3 Å². The fraction of sp³-hybridized carbons (Fsp3) is 0.190. The molecule has 0 saturated carbocycles. The number of nitrogens with zero attached hydrogens (tertiary/aromatic N) is 2. The number of ether oxygens (including phenoxy) is 2. The van der Waals surface area contributed by atoms with Crippen LogP contribution in [0.15, 0.2) is 56.9 Å². The molecule has 3 rings (SSSR count). The van der Waals surface area contributed by atoms with Gasteiger partial charge in [0, 0.05) is 10.0 Å². The van der Waals surface area contributed by atoms with E-state index < -0.39 is 5.56 Å². The average molecular weight is 472 g/mol. The first kappa shape index (κ1) is 21.0. The van der Waals surface area contributed by atoms with Gasteiger partial charge in [0.15, 0.2) is 16.7 Å². The first-order chi connectivity index (χ1) is 14.1. The van der Waals surface area contributed by atoms with Crippen LogP contribution in [0.1, 0.15) is 18.1 Å². The van der Waals surface area contributed by atoms with Gasteiger partial charge < -0.3 is 14.5 Å². The smallest absolute Gasteiger partial charge is 0.270 e. The summed E-state index contributed by atoms with van der Waals surface area (Å²) in [6.45, 7) is 2.70. The Labute approximate surface area is 181 Å². The number of benzene rings is 2. The summed E-state index contributed by atoms with van der Waals surface area (Å²) in [6.07, 6.45) is 1.80. The third kappa shape index (κ3) is 4.81. The lowest BCUT2D eigenvalue weighted by Crippen LogP contribution is -2.14. The van der Waals surface area contributed by atoms with E-state index in [1.807, 2.05) is 43.3 Å². The molecule has 29 heavy (non-hydrogen) atoms. The molecule has 0 atom stereocenters. The molecule has 0 spiro atoms. The number of H-pyrrole nitrogens is 1. The minimum absolute atomic E-state index is 0.0519. The standard InChI is InChI=1S/C21H18BrN3O3S/c1-3-27-17-9-14(19-15(11-23)20(26)25-21(24-19)29-2)16(22)10-18(17)28-12-13-7-5-4-6-8-13/h4-10H,3,12H2,1-2H3,(H,24,25,26). The molecule has 0 radical (unpaired) electrons. The van der Waals surface area contributed by atoms with Crippen LogP contribution in [0.3, 0.4) is 0 Å². The van der Waals surface area contributed by atoms with E-state index in [-0.39, 0.29) is 5.56 Å². The number of nitriles is 1. The van der Waals surface area contributed by atoms with Crippen molar-refractivity contribution in [3.8, 4) is 28.8 Å². The lowest BCUT2D eigenvalue weighted by molar-refractivity contribution is 0.269. The Morgan fingerprint density at radius 1 is 1.21 bits per heavy atom. The molecule has 1 heterocycles. The van der Waals surface area contributed by atoms with Gasteiger partial charge in [0.05, 0.1) is 12.3 Å². The topological polar surface area (TPSA) is 88.0 Å². The Morgan fingerprint density at radius 3 is 2.59 bits per heavy atom. The van der Waals surface area contributed by atoms with Crippen molar-refractivity contribution < 1.29 is 9.47 Å². The van der Waals surface area contributed by atoms with Crippen molar-refractivity contribution in [3.05, 3.63) is 68.4 Å². The second-order valence-corrected chi connectivity index (χ2v) is 7.55. The first-order valence-corrected chi connectivity index (χ1v) is 10.8. The predicted molar refractivity (Wildman–Crippen MR) is 116 cm³/mol. The highest BCUT2D eigenvalue weighted by atomic mass is 79.9. The Bertz CT molecular complexity index is 1110. The van der Waals surface area contributed by atoms with E-state index in [0.717, 1.165) is 5.56 Å². The predicted octanol–water partition coefficient (Wildman–Crippen LogP) is 4.77. The Balaban J connectivity index is 2.06. The molecule has 1 N–H and O–H groups in total. The maximum Gasteiger partial charge on any atom is 0.270 e. The molecule has 1 aromatic heterocycles. The second-order valence-electron chi connectivity index (χ2n) is 5.90. The van der Waals surface area contributed by atoms with Gasteiger partial charge in [-0.1, -0.05) is 42.1 Å². The van der Waals surface area contributed by atoms with Gasteiger partial charge in [-0.3, -0.25) is 4.79 Å². The molecule has 3 aromatic rings. The van der Waals surface area contributed by atoms with Gasteiger partial charge in [0.2, 0.25) is 0 Å². The summed E-state index contributed by atoms with van der Waals surface area (Å²) < 4.78 is 12.4. The highest BCUT2D eigenvalue weighted by Crippen LogP contribution is 2.39. The summed E-state index contributed by atoms with van der Waals surface area (Å²) >= 11 is 4.82. The molecule has 2 aromatic carbocycles. The Hall–Kier alpha value is -2.76. The van der Waals surface area contributed by atoms with Crippen molar-refractivity contribution >= 4 is 27.7 Å². The summed E-state index contributed by atoms with van der Waals surface area (Å²) in [5.74, 6) is 1.07. The summed E-state index contributed by atoms with van der Waals surface area (Å²) in [4.78, 5) is 19.3. The van der Waals surface area contributed by atoms with E-state index in [1.54, 1.807) is 18.4 Å². The number of nitrogens with one attached hydrogen (secondary N) is 1. The molecule has 8 heteroatoms. The van der Waals surface area contributed by atoms with Crippen LogP contribution in [-0.4, -0.2) is 22.8 Å². The van der Waals surface area contributed by atoms with Crippen LogP contribution in [0.2, 0.25) is 0 Å². The van der Waals surface area contributed by atoms with Crippen molar-refractivity contribution in [2.75, 3.05) is 12.9 Å². The van der Waals surface area contributed by atoms with E-state index in [2.05, 4.69) is 25.9 Å². The van der Waals surface area contributed by atoms with Gasteiger partial charge in [0.1, 0.15) is 18.2 Å². The van der Waals surface area contributed by atoms with Gasteiger partial charge in [-0.05, 0) is 46.8 Å². The highest BCUT2D eigenvalue weighted by molar-refractivity contribution is 9.10. The molecule has 6 nitrogen and oxygen atoms in total. The van der Waals surface area contributed by atoms with Crippen molar-refractivity contribution in [2.24, 2.45) is 0 Å². The molecule has 0 saturated heterocycles. The van der Waals surface area contributed by atoms with Gasteiger partial charge in [0.25, 0.3) is 5.56 Å². The monoisotopic (exact) mass is 471 g/mol. The molecule has 0 fully saturated rings. The van der Waals surface area contributed by atoms with Crippen LogP contribution in [-0.2, 0) is 6.61 Å². The molecular formula is C21H18BrN3O3S. The van der Waals surface area contributed by atoms with Gasteiger partial charge in [-0.2, -0.15) is 5.26 Å². The summed E-state index contributed by atoms with van der Waals surface area (Å²) in [7, 11) is 0. The average Bonchev–Trinajstić information content (AvgIpc) is 2.74. The molecular weight excluding hydrogens is 454 g/mol. The van der Waals surface area contributed by atoms with E-state index in [0.29, 0.717) is 45.6 Å². The number of hydrogen-bond acceptors (Lipinski definition) is 6. The molecule has 0 aliphatic carbocycles. The van der Waals surface area contributed by atoms with Crippen molar-refractivity contribution in [3.63, 3.8) is 0 Å². The Kier molecular flexibility index (Phi) is 6.96. The zero-order valence-electron chi connectivity index (χ0n) is 15.9. The normalized spacial score (nSPS) is 10.4. The first-order valence-electron chi connectivity index (χ1n) is 8.79. The van der Waals surface area contributed by atoms with E-state index in [9.17, 15) is 10.1 Å². The van der Waals surface area contributed by atoms with E-state index in [1.165, 1.54) is 11.8 Å². The molecule has 0 amide bonds. The number of halogens is 1. The zero-order valence-corrected chi connectivity index (χ0v) is 18.3. The SMILES string of the molecule is CCOc1cc(-c2nc(SC)[nH]c(=O)c2C#N)c(Br)cc1OCc1ccccc1. The largest absolute Gasteiger partial charge is 0.490 e. The van der Waals surface area contributed by atoms with E-state index >= 15 is 0 Å². The number of thioether (sulfide) groups is 1. The minimum atomic E-state index is -0.476. The van der Waals surface area contributed by atoms with Gasteiger partial charge >= 0.3 is 0 Å². The zero-order chi connectivity index (χ0) is 20.8. The maximum absolute atomic E-state index is 12.3. The maximum atomic E-state index is 12.3. The lowest BCUT2D eigenvalue weighted by Gasteiger charge is -2.15. The van der Waals surface area contributed by atoms with Crippen LogP contribution >= 0.6 is 27.7 Å². The number of rotatable bonds is 7. The summed E-state index contributed by atoms with van der Waals surface area (Å²) in [6, 6.07) is 15.3. The fourth-order valence-electron chi connectivity index (χ4n) is 2.68. The fourth-order valence-corrected chi connectivity index (χ4v) is 3.57. The van der Waals surface area contributed by atoms with Crippen LogP contribution in [0.5, 0.6) is 11.5 Å².